The van der Waals surface area contributed by atoms with Crippen molar-refractivity contribution in [3.05, 3.63) is 35.5 Å². The van der Waals surface area contributed by atoms with Crippen LogP contribution in [-0.4, -0.2) is 85.6 Å². The van der Waals surface area contributed by atoms with E-state index >= 15 is 0 Å². The van der Waals surface area contributed by atoms with E-state index in [4.69, 9.17) is 0 Å². The second-order valence-electron chi connectivity index (χ2n) is 21.9. The van der Waals surface area contributed by atoms with Crippen LogP contribution in [-0.2, 0) is 19.4 Å². The first-order valence-electron chi connectivity index (χ1n) is 22.3. The standard InChI is InChI=1S/C47H71FN2O5S/c1-30(2)33-13-18-46(29-50(31(3)51)23-9-22-49-24-26-56(54,55)27-25-49)21-20-44(7)35(39(33)46)10-11-38-43(6)16-14-34(42(4,5)37(43)15-17-45(38,44)8)32-12-19-47(41(52)53)36(28-32)40(47)48/h12,14,33,35-40H,1,9-11,13,15-29H2,2-8H3,(H,52,53)/t33-,35+,36?,37-,38+,39+,40?,43-,44+,45+,46+,47+/m0/s1. The number of aliphatic carboxylic acids is 1. The van der Waals surface area contributed by atoms with E-state index in [1.165, 1.54) is 48.8 Å². The summed E-state index contributed by atoms with van der Waals surface area (Å²) >= 11 is 0. The number of sulfone groups is 1. The fraction of sp³-hybridized carbons (Fsp3) is 0.830. The van der Waals surface area contributed by atoms with E-state index in [-0.39, 0.29) is 44.5 Å². The zero-order valence-electron chi connectivity index (χ0n) is 35.6. The van der Waals surface area contributed by atoms with Gasteiger partial charge in [-0.2, -0.15) is 0 Å². The average molecular weight is 795 g/mol. The van der Waals surface area contributed by atoms with Gasteiger partial charge in [0.1, 0.15) is 11.6 Å². The smallest absolute Gasteiger partial charge is 0.313 e. The number of allylic oxidation sites excluding steroid dienone is 5. The lowest BCUT2D eigenvalue weighted by Gasteiger charge is -2.72. The summed E-state index contributed by atoms with van der Waals surface area (Å²) in [4.78, 5) is 29.8. The fourth-order valence-electron chi connectivity index (χ4n) is 16.1. The topological polar surface area (TPSA) is 95.0 Å². The summed E-state index contributed by atoms with van der Waals surface area (Å²) in [6.07, 6.45) is 15.6. The van der Waals surface area contributed by atoms with Crippen molar-refractivity contribution in [2.75, 3.05) is 44.2 Å². The maximum absolute atomic E-state index is 15.0. The maximum atomic E-state index is 15.0. The van der Waals surface area contributed by atoms with Crippen molar-refractivity contribution in [1.29, 1.82) is 0 Å². The van der Waals surface area contributed by atoms with Crippen LogP contribution in [0, 0.1) is 68.0 Å². The normalized spacial score (nSPS) is 46.1. The molecule has 7 nitrogen and oxygen atoms in total. The van der Waals surface area contributed by atoms with Crippen LogP contribution in [0.25, 0.3) is 0 Å². The molecule has 8 rings (SSSR count). The monoisotopic (exact) mass is 795 g/mol. The molecule has 7 aliphatic carbocycles. The highest BCUT2D eigenvalue weighted by molar-refractivity contribution is 7.91. The molecule has 0 bridgehead atoms. The van der Waals surface area contributed by atoms with Crippen LogP contribution in [0.3, 0.4) is 0 Å². The molecule has 6 fully saturated rings. The first-order valence-corrected chi connectivity index (χ1v) is 24.1. The molecule has 0 radical (unpaired) electrons. The summed E-state index contributed by atoms with van der Waals surface area (Å²) in [6.45, 7) is 25.0. The number of carbonyl (C=O) groups is 2. The molecule has 5 saturated carbocycles. The molecule has 1 heterocycles. The highest BCUT2D eigenvalue weighted by Gasteiger charge is 2.73. The second kappa shape index (κ2) is 13.5. The molecule has 12 atom stereocenters. The molecule has 0 aromatic heterocycles. The fourth-order valence-corrected chi connectivity index (χ4v) is 17.4. The van der Waals surface area contributed by atoms with E-state index in [0.29, 0.717) is 55.5 Å². The SMILES string of the molecule is C=C(C)[C@@H]1CC[C@]2(CN(CCCN3CCS(=O)(=O)CC3)C(C)=O)CC[C@]3(C)[C@H](CC[C@@H]4[C@@]5(C)CC=C(C6=CC[C@]7(C(=O)O)C(F)C7C6)C(C)(C)[C@@H]5CC[C@]43C)[C@@H]12. The zero-order chi connectivity index (χ0) is 40.4. The number of hydrogen-bond acceptors (Lipinski definition) is 5. The van der Waals surface area contributed by atoms with Crippen LogP contribution < -0.4 is 0 Å². The van der Waals surface area contributed by atoms with Crippen molar-refractivity contribution in [3.8, 4) is 0 Å². The van der Waals surface area contributed by atoms with Crippen molar-refractivity contribution < 1.29 is 27.5 Å². The lowest BCUT2D eigenvalue weighted by molar-refractivity contribution is -0.228. The van der Waals surface area contributed by atoms with Crippen LogP contribution in [0.5, 0.6) is 0 Å². The molecular formula is C47H71FN2O5S. The average Bonchev–Trinajstić information content (AvgIpc) is 3.53. The van der Waals surface area contributed by atoms with Crippen molar-refractivity contribution in [2.24, 2.45) is 68.0 Å². The number of halogens is 1. The second-order valence-corrected chi connectivity index (χ2v) is 24.2. The third-order valence-electron chi connectivity index (χ3n) is 19.4. The van der Waals surface area contributed by atoms with Crippen LogP contribution in [0.4, 0.5) is 4.39 Å². The molecule has 0 spiro atoms. The van der Waals surface area contributed by atoms with Gasteiger partial charge in [-0.05, 0) is 158 Å². The maximum Gasteiger partial charge on any atom is 0.313 e. The molecule has 0 aromatic rings. The molecule has 56 heavy (non-hydrogen) atoms. The van der Waals surface area contributed by atoms with E-state index in [9.17, 15) is 27.5 Å². The number of nitrogens with zero attached hydrogens (tertiary/aromatic N) is 2. The van der Waals surface area contributed by atoms with Gasteiger partial charge < -0.3 is 14.9 Å². The highest BCUT2D eigenvalue weighted by atomic mass is 32.2. The van der Waals surface area contributed by atoms with Gasteiger partial charge in [-0.3, -0.25) is 9.59 Å². The Morgan fingerprint density at radius 2 is 1.62 bits per heavy atom. The van der Waals surface area contributed by atoms with Crippen molar-refractivity contribution in [2.45, 2.75) is 132 Å². The number of rotatable bonds is 9. The molecule has 1 amide bonds. The Morgan fingerprint density at radius 1 is 0.911 bits per heavy atom. The Hall–Kier alpha value is -2.00. The van der Waals surface area contributed by atoms with Crippen molar-refractivity contribution in [1.82, 2.24) is 9.80 Å². The molecule has 8 aliphatic rings. The predicted octanol–water partition coefficient (Wildman–Crippen LogP) is 8.91. The predicted molar refractivity (Wildman–Crippen MR) is 220 cm³/mol. The summed E-state index contributed by atoms with van der Waals surface area (Å²) < 4.78 is 39.0. The van der Waals surface area contributed by atoms with E-state index in [1.54, 1.807) is 6.92 Å². The summed E-state index contributed by atoms with van der Waals surface area (Å²) in [5.41, 5.74) is 3.25. The minimum absolute atomic E-state index is 0.0675. The van der Waals surface area contributed by atoms with Gasteiger partial charge in [-0.15, -0.1) is 0 Å². The van der Waals surface area contributed by atoms with Crippen LogP contribution in [0.1, 0.15) is 126 Å². The quantitative estimate of drug-likeness (QED) is 0.235. The van der Waals surface area contributed by atoms with Gasteiger partial charge in [0.05, 0.1) is 11.5 Å². The number of fused-ring (bicyclic) bond motifs is 8. The van der Waals surface area contributed by atoms with Gasteiger partial charge in [0, 0.05) is 39.0 Å². The summed E-state index contributed by atoms with van der Waals surface area (Å²) in [6, 6.07) is 0. The lowest BCUT2D eigenvalue weighted by Crippen LogP contribution is -2.66. The largest absolute Gasteiger partial charge is 0.481 e. The first kappa shape index (κ1) is 40.8. The van der Waals surface area contributed by atoms with Gasteiger partial charge in [0.15, 0.2) is 9.84 Å². The third kappa shape index (κ3) is 5.85. The number of hydrogen-bond donors (Lipinski definition) is 1. The molecule has 9 heteroatoms. The van der Waals surface area contributed by atoms with Gasteiger partial charge >= 0.3 is 5.97 Å². The molecular weight excluding hydrogens is 724 g/mol. The Bertz CT molecular complexity index is 1830. The highest BCUT2D eigenvalue weighted by Crippen LogP contribution is 2.78. The summed E-state index contributed by atoms with van der Waals surface area (Å²) in [5, 5.41) is 9.87. The third-order valence-corrected chi connectivity index (χ3v) is 21.0. The first-order chi connectivity index (χ1) is 26.2. The molecule has 1 aliphatic heterocycles. The number of carboxylic acids is 1. The number of alkyl halides is 1. The number of carbonyl (C=O) groups excluding carboxylic acids is 1. The lowest BCUT2D eigenvalue weighted by atomic mass is 9.32. The Balaban J connectivity index is 1.03. The summed E-state index contributed by atoms with van der Waals surface area (Å²) in [7, 11) is -2.91. The number of amides is 1. The van der Waals surface area contributed by atoms with E-state index < -0.39 is 33.3 Å². The number of carboxylic acid groups (broad SMARTS) is 1. The van der Waals surface area contributed by atoms with Crippen molar-refractivity contribution in [3.63, 3.8) is 0 Å². The Labute approximate surface area is 337 Å². The molecule has 1 saturated heterocycles. The molecule has 312 valence electrons. The minimum atomic E-state index is -2.91. The van der Waals surface area contributed by atoms with Crippen LogP contribution in [0.2, 0.25) is 0 Å². The van der Waals surface area contributed by atoms with Gasteiger partial charge in [-0.25, -0.2) is 12.8 Å². The summed E-state index contributed by atoms with van der Waals surface area (Å²) in [5.74, 6) is 1.97. The van der Waals surface area contributed by atoms with Crippen LogP contribution >= 0.6 is 0 Å². The Morgan fingerprint density at radius 3 is 2.27 bits per heavy atom. The molecule has 0 aromatic carbocycles. The van der Waals surface area contributed by atoms with E-state index in [1.807, 2.05) is 0 Å². The van der Waals surface area contributed by atoms with Gasteiger partial charge in [-0.1, -0.05) is 58.9 Å². The van der Waals surface area contributed by atoms with Crippen molar-refractivity contribution >= 4 is 21.7 Å². The van der Waals surface area contributed by atoms with E-state index in [0.717, 1.165) is 51.7 Å². The Kier molecular flexibility index (Phi) is 9.83. The molecule has 1 N–H and O–H groups in total. The van der Waals surface area contributed by atoms with Gasteiger partial charge in [0.2, 0.25) is 5.91 Å². The minimum Gasteiger partial charge on any atom is -0.481 e. The zero-order valence-corrected chi connectivity index (χ0v) is 36.4. The van der Waals surface area contributed by atoms with Gasteiger partial charge in [0.25, 0.3) is 0 Å². The van der Waals surface area contributed by atoms with E-state index in [2.05, 4.69) is 70.1 Å². The van der Waals surface area contributed by atoms with Crippen LogP contribution in [0.15, 0.2) is 35.5 Å². The molecule has 2 unspecified atom stereocenters.